The molecular weight excluding hydrogens is 544 g/mol. The van der Waals surface area contributed by atoms with Crippen LogP contribution in [0.15, 0.2) is 42.5 Å². The number of benzene rings is 1. The number of rotatable bonds is 5. The van der Waals surface area contributed by atoms with Crippen LogP contribution in [0, 0.1) is 11.8 Å². The van der Waals surface area contributed by atoms with Gasteiger partial charge in [0.25, 0.3) is 0 Å². The number of amides is 1. The first-order valence-electron chi connectivity index (χ1n) is 15.0. The molecule has 2 aliphatic heterocycles. The van der Waals surface area contributed by atoms with E-state index in [4.69, 9.17) is 11.6 Å². The molecule has 0 radical (unpaired) electrons. The second-order valence-corrected chi connectivity index (χ2v) is 14.7. The van der Waals surface area contributed by atoms with Gasteiger partial charge in [-0.15, -0.1) is 0 Å². The number of nitrogens with one attached hydrogen (secondary N) is 2. The number of carbonyl (C=O) groups excluding carboxylic acids is 1. The monoisotopic (exact) mass is 584 g/mol. The lowest BCUT2D eigenvalue weighted by Crippen LogP contribution is -2.55. The lowest BCUT2D eigenvalue weighted by atomic mass is 9.64. The number of likely N-dealkylation sites (tertiary alicyclic amines) is 1. The Morgan fingerprint density at radius 1 is 1.07 bits per heavy atom. The fourth-order valence-corrected chi connectivity index (χ4v) is 9.18. The van der Waals surface area contributed by atoms with Crippen molar-refractivity contribution in [1.29, 1.82) is 0 Å². The molecule has 2 aliphatic carbocycles. The first-order chi connectivity index (χ1) is 19.2. The van der Waals surface area contributed by atoms with Gasteiger partial charge in [0.05, 0.1) is 23.9 Å². The maximum absolute atomic E-state index is 14.7. The summed E-state index contributed by atoms with van der Waals surface area (Å²) in [5.74, 6) is 1.07. The summed E-state index contributed by atoms with van der Waals surface area (Å²) in [4.78, 5) is 21.6. The van der Waals surface area contributed by atoms with Crippen LogP contribution in [0.25, 0.3) is 0 Å². The van der Waals surface area contributed by atoms with Crippen molar-refractivity contribution in [3.63, 3.8) is 0 Å². The summed E-state index contributed by atoms with van der Waals surface area (Å²) in [5.41, 5.74) is 2.59. The van der Waals surface area contributed by atoms with Crippen molar-refractivity contribution >= 4 is 27.5 Å². The number of nitrogens with zero attached hydrogens (tertiary/aromatic N) is 2. The van der Waals surface area contributed by atoms with Gasteiger partial charge in [-0.2, -0.15) is 0 Å². The summed E-state index contributed by atoms with van der Waals surface area (Å²) in [6, 6.07) is 14.4. The molecule has 2 N–H and O–H groups in total. The van der Waals surface area contributed by atoms with E-state index < -0.39 is 21.5 Å². The highest BCUT2D eigenvalue weighted by Gasteiger charge is 2.54. The third-order valence-electron chi connectivity index (χ3n) is 10.1. The minimum atomic E-state index is -3.43. The van der Waals surface area contributed by atoms with Gasteiger partial charge in [-0.25, -0.2) is 18.1 Å². The molecule has 1 spiro atoms. The molecule has 2 saturated heterocycles. The second kappa shape index (κ2) is 11.3. The lowest BCUT2D eigenvalue weighted by molar-refractivity contribution is -0.143. The topological polar surface area (TPSA) is 91.4 Å². The van der Waals surface area contributed by atoms with Crippen LogP contribution in [0.5, 0.6) is 0 Å². The Morgan fingerprint density at radius 3 is 2.60 bits per heavy atom. The molecular formula is C31H41ClN4O3S. The van der Waals surface area contributed by atoms with Gasteiger partial charge in [0.2, 0.25) is 15.9 Å². The number of fused-ring (bicyclic) bond motifs is 2. The summed E-state index contributed by atoms with van der Waals surface area (Å²) in [5, 5.41) is 3.89. The zero-order chi connectivity index (χ0) is 27.9. The van der Waals surface area contributed by atoms with E-state index >= 15 is 0 Å². The first kappa shape index (κ1) is 28.1. The molecule has 0 bridgehead atoms. The average molecular weight is 585 g/mol. The molecule has 9 heteroatoms. The Bertz CT molecular complexity index is 1330. The van der Waals surface area contributed by atoms with Crippen molar-refractivity contribution < 1.29 is 13.2 Å². The molecule has 7 nitrogen and oxygen atoms in total. The zero-order valence-corrected chi connectivity index (χ0v) is 24.9. The highest BCUT2D eigenvalue weighted by molar-refractivity contribution is 7.88. The summed E-state index contributed by atoms with van der Waals surface area (Å²) >= 11 is 6.32. The molecule has 40 heavy (non-hydrogen) atoms. The van der Waals surface area contributed by atoms with Crippen LogP contribution in [0.1, 0.15) is 86.6 Å². The Morgan fingerprint density at radius 2 is 1.85 bits per heavy atom. The minimum absolute atomic E-state index is 0.215. The molecule has 2 aromatic rings. The SMILES string of the molecule is CS(=O)(=O)NC1CC[C@]2(CNCC2C(=O)N2CC[C@@H](c3ccccc3)C[C@H]2C2CCCCC2)c2ccc(Cl)nc21. The van der Waals surface area contributed by atoms with E-state index in [1.807, 2.05) is 6.07 Å². The maximum Gasteiger partial charge on any atom is 0.228 e. The van der Waals surface area contributed by atoms with E-state index in [1.54, 1.807) is 6.07 Å². The lowest BCUT2D eigenvalue weighted by Gasteiger charge is -2.48. The summed E-state index contributed by atoms with van der Waals surface area (Å²) in [7, 11) is -3.43. The zero-order valence-electron chi connectivity index (χ0n) is 23.3. The predicted molar refractivity (Wildman–Crippen MR) is 158 cm³/mol. The number of hydrogen-bond acceptors (Lipinski definition) is 5. The average Bonchev–Trinajstić information content (AvgIpc) is 3.38. The normalized spacial score (nSPS) is 31.3. The van der Waals surface area contributed by atoms with Gasteiger partial charge in [0.15, 0.2) is 0 Å². The molecule has 4 aliphatic rings. The Labute approximate surface area is 243 Å². The molecule has 3 fully saturated rings. The van der Waals surface area contributed by atoms with Gasteiger partial charge in [0.1, 0.15) is 5.15 Å². The number of piperidine rings is 1. The van der Waals surface area contributed by atoms with Gasteiger partial charge in [-0.05, 0) is 67.6 Å². The third-order valence-corrected chi connectivity index (χ3v) is 11.1. The first-order valence-corrected chi connectivity index (χ1v) is 17.2. The molecule has 1 saturated carbocycles. The largest absolute Gasteiger partial charge is 0.339 e. The molecule has 2 unspecified atom stereocenters. The van der Waals surface area contributed by atoms with E-state index in [0.29, 0.717) is 48.6 Å². The maximum atomic E-state index is 14.7. The molecule has 3 heterocycles. The van der Waals surface area contributed by atoms with E-state index in [1.165, 1.54) is 43.9 Å². The molecule has 216 valence electrons. The van der Waals surface area contributed by atoms with Gasteiger partial charge >= 0.3 is 0 Å². The Hall–Kier alpha value is -2.00. The van der Waals surface area contributed by atoms with Gasteiger partial charge in [-0.1, -0.05) is 67.3 Å². The Balaban J connectivity index is 1.32. The molecule has 1 amide bonds. The smallest absolute Gasteiger partial charge is 0.228 e. The Kier molecular flexibility index (Phi) is 7.98. The van der Waals surface area contributed by atoms with Crippen LogP contribution in [0.3, 0.4) is 0 Å². The molecule has 6 rings (SSSR count). The van der Waals surface area contributed by atoms with Crippen molar-refractivity contribution in [3.8, 4) is 0 Å². The van der Waals surface area contributed by atoms with Crippen LogP contribution in [0.2, 0.25) is 5.15 Å². The van der Waals surface area contributed by atoms with E-state index in [0.717, 1.165) is 24.9 Å². The van der Waals surface area contributed by atoms with E-state index in [2.05, 4.69) is 50.3 Å². The third kappa shape index (κ3) is 5.44. The fourth-order valence-electron chi connectivity index (χ4n) is 8.28. The van der Waals surface area contributed by atoms with Crippen LogP contribution in [-0.2, 0) is 20.2 Å². The molecule has 5 atom stereocenters. The van der Waals surface area contributed by atoms with Crippen molar-refractivity contribution in [2.24, 2.45) is 11.8 Å². The van der Waals surface area contributed by atoms with Crippen molar-refractivity contribution in [2.75, 3.05) is 25.9 Å². The highest BCUT2D eigenvalue weighted by atomic mass is 35.5. The predicted octanol–water partition coefficient (Wildman–Crippen LogP) is 4.93. The van der Waals surface area contributed by atoms with Crippen molar-refractivity contribution in [2.45, 2.75) is 81.2 Å². The number of halogens is 1. The number of sulfonamides is 1. The van der Waals surface area contributed by atoms with Gasteiger partial charge in [-0.3, -0.25) is 4.79 Å². The van der Waals surface area contributed by atoms with Crippen LogP contribution < -0.4 is 10.0 Å². The quantitative estimate of drug-likeness (QED) is 0.486. The number of hydrogen-bond donors (Lipinski definition) is 2. The molecule has 1 aromatic heterocycles. The van der Waals surface area contributed by atoms with E-state index in [-0.39, 0.29) is 17.9 Å². The van der Waals surface area contributed by atoms with Crippen LogP contribution in [-0.4, -0.2) is 56.1 Å². The summed E-state index contributed by atoms with van der Waals surface area (Å²) < 4.78 is 27.1. The number of aromatic nitrogens is 1. The standard InChI is InChI=1S/C31H41ClN4O3S/c1-40(38,39)35-26-14-16-31(24-12-13-28(32)34-29(24)26)20-33-19-25(31)30(37)36-17-15-23(21-8-4-2-5-9-21)18-27(36)22-10-6-3-7-11-22/h2,4-5,8-9,12-13,22-23,25-27,33,35H,3,6-7,10-11,14-20H2,1H3/t23-,25?,26?,27+,31+/m1/s1. The van der Waals surface area contributed by atoms with Crippen molar-refractivity contribution in [1.82, 2.24) is 19.9 Å². The van der Waals surface area contributed by atoms with E-state index in [9.17, 15) is 13.2 Å². The molecule has 1 aromatic carbocycles. The summed E-state index contributed by atoms with van der Waals surface area (Å²) in [6.45, 7) is 2.09. The second-order valence-electron chi connectivity index (χ2n) is 12.5. The minimum Gasteiger partial charge on any atom is -0.339 e. The van der Waals surface area contributed by atoms with Crippen LogP contribution >= 0.6 is 11.6 Å². The van der Waals surface area contributed by atoms with Gasteiger partial charge < -0.3 is 10.2 Å². The number of pyridine rings is 1. The van der Waals surface area contributed by atoms with Crippen LogP contribution in [0.4, 0.5) is 0 Å². The van der Waals surface area contributed by atoms with Gasteiger partial charge in [0, 0.05) is 31.1 Å². The number of carbonyl (C=O) groups is 1. The highest BCUT2D eigenvalue weighted by Crippen LogP contribution is 2.50. The fraction of sp³-hybridized carbons (Fsp3) is 0.613. The van der Waals surface area contributed by atoms with Crippen molar-refractivity contribution in [3.05, 3.63) is 64.4 Å². The summed E-state index contributed by atoms with van der Waals surface area (Å²) in [6.07, 6.45) is 10.7.